The van der Waals surface area contributed by atoms with Crippen molar-refractivity contribution in [3.05, 3.63) is 29.0 Å². The Kier molecular flexibility index (Phi) is 4.74. The zero-order chi connectivity index (χ0) is 15.4. The molecule has 0 spiro atoms. The van der Waals surface area contributed by atoms with Crippen molar-refractivity contribution in [2.24, 2.45) is 0 Å². The fourth-order valence-corrected chi connectivity index (χ4v) is 1.87. The molecular weight excluding hydrogens is 297 g/mol. The highest BCUT2D eigenvalue weighted by Gasteiger charge is 2.12. The number of anilines is 2. The second-order valence-electron chi connectivity index (χ2n) is 4.13. The van der Waals surface area contributed by atoms with Crippen LogP contribution < -0.4 is 15.4 Å². The quantitative estimate of drug-likeness (QED) is 0.915. The molecule has 0 aliphatic heterocycles. The number of hydrogen-bond acceptors (Lipinski definition) is 6. The Labute approximate surface area is 126 Å². The van der Waals surface area contributed by atoms with Gasteiger partial charge in [-0.15, -0.1) is 0 Å². The Morgan fingerprint density at radius 2 is 1.95 bits per heavy atom. The molecule has 0 unspecified atom stereocenters. The molecular formula is C13H15ClFN5O. The molecule has 0 aliphatic carbocycles. The van der Waals surface area contributed by atoms with Gasteiger partial charge in [0.2, 0.25) is 11.9 Å². The van der Waals surface area contributed by atoms with Gasteiger partial charge >= 0.3 is 6.01 Å². The van der Waals surface area contributed by atoms with Crippen LogP contribution in [0.4, 0.5) is 16.3 Å². The first-order valence-electron chi connectivity index (χ1n) is 6.42. The third kappa shape index (κ3) is 3.69. The predicted octanol–water partition coefficient (Wildman–Crippen LogP) is 2.88. The minimum Gasteiger partial charge on any atom is -0.424 e. The van der Waals surface area contributed by atoms with Crippen LogP contribution in [0.2, 0.25) is 5.02 Å². The Morgan fingerprint density at radius 3 is 2.57 bits per heavy atom. The van der Waals surface area contributed by atoms with E-state index in [1.807, 2.05) is 18.7 Å². The molecule has 0 saturated carbocycles. The van der Waals surface area contributed by atoms with Gasteiger partial charge in [-0.3, -0.25) is 0 Å². The van der Waals surface area contributed by atoms with Crippen LogP contribution in [0, 0.1) is 5.82 Å². The SMILES string of the molecule is CCN(CC)c1nc(N)nc(Oc2ccc(F)c(Cl)c2)n1. The molecule has 2 N–H and O–H groups in total. The smallest absolute Gasteiger partial charge is 0.328 e. The summed E-state index contributed by atoms with van der Waals surface area (Å²) >= 11 is 5.70. The number of nitrogens with zero attached hydrogens (tertiary/aromatic N) is 4. The highest BCUT2D eigenvalue weighted by Crippen LogP contribution is 2.25. The Bertz CT molecular complexity index is 636. The molecule has 0 aliphatic rings. The van der Waals surface area contributed by atoms with E-state index >= 15 is 0 Å². The summed E-state index contributed by atoms with van der Waals surface area (Å²) in [6.45, 7) is 5.40. The minimum absolute atomic E-state index is 0.0343. The van der Waals surface area contributed by atoms with Gasteiger partial charge in [-0.1, -0.05) is 11.6 Å². The molecule has 21 heavy (non-hydrogen) atoms. The number of ether oxygens (including phenoxy) is 1. The summed E-state index contributed by atoms with van der Waals surface area (Å²) in [7, 11) is 0. The van der Waals surface area contributed by atoms with E-state index in [0.29, 0.717) is 11.7 Å². The highest BCUT2D eigenvalue weighted by molar-refractivity contribution is 6.30. The second kappa shape index (κ2) is 6.53. The third-order valence-corrected chi connectivity index (χ3v) is 3.06. The number of nitrogen functional groups attached to an aromatic ring is 1. The fraction of sp³-hybridized carbons (Fsp3) is 0.308. The van der Waals surface area contributed by atoms with Crippen LogP contribution in [0.1, 0.15) is 13.8 Å². The number of benzene rings is 1. The van der Waals surface area contributed by atoms with Crippen LogP contribution in [0.25, 0.3) is 0 Å². The van der Waals surface area contributed by atoms with Crippen LogP contribution in [0.15, 0.2) is 18.2 Å². The lowest BCUT2D eigenvalue weighted by Gasteiger charge is -2.18. The van der Waals surface area contributed by atoms with E-state index in [1.165, 1.54) is 18.2 Å². The maximum atomic E-state index is 13.1. The molecule has 0 amide bonds. The van der Waals surface area contributed by atoms with Gasteiger partial charge in [0.15, 0.2) is 0 Å². The van der Waals surface area contributed by atoms with E-state index < -0.39 is 5.82 Å². The van der Waals surface area contributed by atoms with Crippen LogP contribution in [-0.4, -0.2) is 28.0 Å². The lowest BCUT2D eigenvalue weighted by molar-refractivity contribution is 0.439. The van der Waals surface area contributed by atoms with Crippen molar-refractivity contribution in [3.8, 4) is 11.8 Å². The first kappa shape index (κ1) is 15.2. The first-order chi connectivity index (χ1) is 10.0. The average molecular weight is 312 g/mol. The molecule has 0 atom stereocenters. The molecule has 0 fully saturated rings. The Morgan fingerprint density at radius 1 is 1.24 bits per heavy atom. The maximum absolute atomic E-state index is 13.1. The van der Waals surface area contributed by atoms with Crippen molar-refractivity contribution in [2.75, 3.05) is 23.7 Å². The topological polar surface area (TPSA) is 77.2 Å². The van der Waals surface area contributed by atoms with Crippen LogP contribution >= 0.6 is 11.6 Å². The van der Waals surface area contributed by atoms with Gasteiger partial charge < -0.3 is 15.4 Å². The zero-order valence-corrected chi connectivity index (χ0v) is 12.4. The van der Waals surface area contributed by atoms with E-state index in [2.05, 4.69) is 15.0 Å². The second-order valence-corrected chi connectivity index (χ2v) is 4.53. The summed E-state index contributed by atoms with van der Waals surface area (Å²) in [6.07, 6.45) is 0. The van der Waals surface area contributed by atoms with Gasteiger partial charge in [-0.2, -0.15) is 15.0 Å². The summed E-state index contributed by atoms with van der Waals surface area (Å²) in [4.78, 5) is 14.1. The average Bonchev–Trinajstić information content (AvgIpc) is 2.44. The number of hydrogen-bond donors (Lipinski definition) is 1. The van der Waals surface area contributed by atoms with Gasteiger partial charge in [0.25, 0.3) is 0 Å². The largest absolute Gasteiger partial charge is 0.424 e. The zero-order valence-electron chi connectivity index (χ0n) is 11.7. The van der Waals surface area contributed by atoms with Gasteiger partial charge in [0, 0.05) is 19.2 Å². The summed E-state index contributed by atoms with van der Waals surface area (Å²) in [6, 6.07) is 4.01. The molecule has 0 radical (unpaired) electrons. The fourth-order valence-electron chi connectivity index (χ4n) is 1.70. The monoisotopic (exact) mass is 311 g/mol. The number of aromatic nitrogens is 3. The molecule has 1 aromatic heterocycles. The van der Waals surface area contributed by atoms with Gasteiger partial charge in [-0.25, -0.2) is 4.39 Å². The van der Waals surface area contributed by atoms with E-state index in [-0.39, 0.29) is 17.0 Å². The lowest BCUT2D eigenvalue weighted by atomic mass is 10.3. The van der Waals surface area contributed by atoms with E-state index in [9.17, 15) is 4.39 Å². The summed E-state index contributed by atoms with van der Waals surface area (Å²) in [5.41, 5.74) is 5.66. The van der Waals surface area contributed by atoms with Crippen molar-refractivity contribution in [2.45, 2.75) is 13.8 Å². The molecule has 0 saturated heterocycles. The molecule has 8 heteroatoms. The van der Waals surface area contributed by atoms with Crippen molar-refractivity contribution in [3.63, 3.8) is 0 Å². The minimum atomic E-state index is -0.525. The molecule has 6 nitrogen and oxygen atoms in total. The third-order valence-electron chi connectivity index (χ3n) is 2.77. The van der Waals surface area contributed by atoms with Crippen molar-refractivity contribution >= 4 is 23.5 Å². The first-order valence-corrected chi connectivity index (χ1v) is 6.80. The number of rotatable bonds is 5. The number of halogens is 2. The molecule has 1 heterocycles. The van der Waals surface area contributed by atoms with Crippen molar-refractivity contribution in [1.29, 1.82) is 0 Å². The summed E-state index contributed by atoms with van der Waals surface area (Å²) < 4.78 is 18.6. The predicted molar refractivity (Wildman–Crippen MR) is 79.3 cm³/mol. The molecule has 2 aromatic rings. The summed E-state index contributed by atoms with van der Waals surface area (Å²) in [5.74, 6) is 0.270. The molecule has 2 rings (SSSR count). The normalized spacial score (nSPS) is 10.5. The van der Waals surface area contributed by atoms with Gasteiger partial charge in [0.05, 0.1) is 5.02 Å². The Balaban J connectivity index is 2.29. The van der Waals surface area contributed by atoms with E-state index in [1.54, 1.807) is 0 Å². The van der Waals surface area contributed by atoms with Crippen LogP contribution in [0.5, 0.6) is 11.8 Å². The molecule has 0 bridgehead atoms. The van der Waals surface area contributed by atoms with Crippen molar-refractivity contribution < 1.29 is 9.13 Å². The lowest BCUT2D eigenvalue weighted by Crippen LogP contribution is -2.25. The van der Waals surface area contributed by atoms with Gasteiger partial charge in [0.1, 0.15) is 11.6 Å². The standard InChI is InChI=1S/C13H15ClFN5O/c1-3-20(4-2)12-17-11(16)18-13(19-12)21-8-5-6-10(15)9(14)7-8/h5-7H,3-4H2,1-2H3,(H2,16,17,18,19). The summed E-state index contributed by atoms with van der Waals surface area (Å²) in [5, 5.41) is -0.0431. The highest BCUT2D eigenvalue weighted by atomic mass is 35.5. The van der Waals surface area contributed by atoms with Crippen molar-refractivity contribution in [1.82, 2.24) is 15.0 Å². The van der Waals surface area contributed by atoms with Gasteiger partial charge in [-0.05, 0) is 26.0 Å². The van der Waals surface area contributed by atoms with Crippen LogP contribution in [0.3, 0.4) is 0 Å². The van der Waals surface area contributed by atoms with Crippen LogP contribution in [-0.2, 0) is 0 Å². The molecule has 112 valence electrons. The molecule has 1 aromatic carbocycles. The van der Waals surface area contributed by atoms with E-state index in [0.717, 1.165) is 13.1 Å². The van der Waals surface area contributed by atoms with E-state index in [4.69, 9.17) is 22.1 Å². The maximum Gasteiger partial charge on any atom is 0.328 e. The Hall–Kier alpha value is -2.15. The number of nitrogens with two attached hydrogens (primary N) is 1.